The summed E-state index contributed by atoms with van der Waals surface area (Å²) in [4.78, 5) is 4.10. The zero-order valence-electron chi connectivity index (χ0n) is 7.33. The SMILES string of the molecule is Cc1nc(N)cn1CC(C)C. The Morgan fingerprint density at radius 2 is 2.27 bits per heavy atom. The van der Waals surface area contributed by atoms with E-state index in [2.05, 4.69) is 23.4 Å². The van der Waals surface area contributed by atoms with Gasteiger partial charge in [-0.15, -0.1) is 0 Å². The van der Waals surface area contributed by atoms with Gasteiger partial charge in [-0.1, -0.05) is 13.8 Å². The van der Waals surface area contributed by atoms with Gasteiger partial charge in [0.25, 0.3) is 0 Å². The summed E-state index contributed by atoms with van der Waals surface area (Å²) in [5.74, 6) is 2.25. The van der Waals surface area contributed by atoms with Crippen LogP contribution in [-0.2, 0) is 6.54 Å². The number of aromatic nitrogens is 2. The number of rotatable bonds is 2. The zero-order chi connectivity index (χ0) is 8.43. The van der Waals surface area contributed by atoms with E-state index in [1.165, 1.54) is 0 Å². The summed E-state index contributed by atoms with van der Waals surface area (Å²) < 4.78 is 2.08. The van der Waals surface area contributed by atoms with Crippen LogP contribution in [0.15, 0.2) is 6.20 Å². The zero-order valence-corrected chi connectivity index (χ0v) is 7.33. The molecule has 0 bridgehead atoms. The van der Waals surface area contributed by atoms with Gasteiger partial charge in [-0.25, -0.2) is 4.98 Å². The number of hydrogen-bond acceptors (Lipinski definition) is 2. The maximum atomic E-state index is 5.52. The van der Waals surface area contributed by atoms with E-state index in [4.69, 9.17) is 5.73 Å². The fourth-order valence-electron chi connectivity index (χ4n) is 1.11. The van der Waals surface area contributed by atoms with Gasteiger partial charge in [-0.05, 0) is 12.8 Å². The van der Waals surface area contributed by atoms with E-state index >= 15 is 0 Å². The van der Waals surface area contributed by atoms with Crippen molar-refractivity contribution in [2.75, 3.05) is 5.73 Å². The van der Waals surface area contributed by atoms with Crippen LogP contribution in [0.2, 0.25) is 0 Å². The van der Waals surface area contributed by atoms with Crippen molar-refractivity contribution in [1.82, 2.24) is 9.55 Å². The van der Waals surface area contributed by atoms with Crippen molar-refractivity contribution in [3.8, 4) is 0 Å². The molecule has 62 valence electrons. The van der Waals surface area contributed by atoms with Crippen molar-refractivity contribution in [1.29, 1.82) is 0 Å². The van der Waals surface area contributed by atoms with Crippen LogP contribution in [0.3, 0.4) is 0 Å². The largest absolute Gasteiger partial charge is 0.382 e. The fraction of sp³-hybridized carbons (Fsp3) is 0.625. The third kappa shape index (κ3) is 1.97. The van der Waals surface area contributed by atoms with E-state index in [1.54, 1.807) is 0 Å². The summed E-state index contributed by atoms with van der Waals surface area (Å²) in [6.07, 6.45) is 1.88. The lowest BCUT2D eigenvalue weighted by atomic mass is 10.2. The smallest absolute Gasteiger partial charge is 0.141 e. The molecule has 2 N–H and O–H groups in total. The minimum atomic E-state index is 0.614. The Bertz CT molecular complexity index is 237. The molecule has 11 heavy (non-hydrogen) atoms. The Kier molecular flexibility index (Phi) is 2.17. The van der Waals surface area contributed by atoms with Crippen molar-refractivity contribution in [3.05, 3.63) is 12.0 Å². The lowest BCUT2D eigenvalue weighted by Gasteiger charge is -2.06. The minimum absolute atomic E-state index is 0.614. The predicted octanol–water partition coefficient (Wildman–Crippen LogP) is 1.43. The molecule has 0 unspecified atom stereocenters. The molecule has 0 aliphatic heterocycles. The summed E-state index contributed by atoms with van der Waals surface area (Å²) in [7, 11) is 0. The van der Waals surface area contributed by atoms with Crippen LogP contribution in [0.25, 0.3) is 0 Å². The average Bonchev–Trinajstić information content (AvgIpc) is 2.09. The first-order valence-electron chi connectivity index (χ1n) is 3.89. The number of nitrogens with two attached hydrogens (primary N) is 1. The van der Waals surface area contributed by atoms with Gasteiger partial charge >= 0.3 is 0 Å². The third-order valence-corrected chi connectivity index (χ3v) is 1.56. The van der Waals surface area contributed by atoms with Gasteiger partial charge in [-0.3, -0.25) is 0 Å². The second-order valence-corrected chi connectivity index (χ2v) is 3.26. The molecule has 1 aromatic rings. The monoisotopic (exact) mass is 153 g/mol. The Hall–Kier alpha value is -0.990. The van der Waals surface area contributed by atoms with Crippen molar-refractivity contribution in [2.24, 2.45) is 5.92 Å². The molecule has 1 aromatic heterocycles. The lowest BCUT2D eigenvalue weighted by molar-refractivity contribution is 0.514. The van der Waals surface area contributed by atoms with Crippen molar-refractivity contribution in [3.63, 3.8) is 0 Å². The molecule has 1 rings (SSSR count). The number of aryl methyl sites for hydroxylation is 1. The molecule has 3 heteroatoms. The number of nitrogen functional groups attached to an aromatic ring is 1. The second kappa shape index (κ2) is 2.95. The lowest BCUT2D eigenvalue weighted by Crippen LogP contribution is -2.04. The fourth-order valence-corrected chi connectivity index (χ4v) is 1.11. The first-order valence-corrected chi connectivity index (χ1v) is 3.89. The predicted molar refractivity (Wildman–Crippen MR) is 46.2 cm³/mol. The molecule has 1 heterocycles. The molecule has 0 aliphatic rings. The van der Waals surface area contributed by atoms with Gasteiger partial charge < -0.3 is 10.3 Å². The molecule has 0 aliphatic carbocycles. The van der Waals surface area contributed by atoms with Gasteiger partial charge in [0.2, 0.25) is 0 Å². The highest BCUT2D eigenvalue weighted by Crippen LogP contribution is 2.06. The number of anilines is 1. The Morgan fingerprint density at radius 1 is 1.64 bits per heavy atom. The molecule has 0 spiro atoms. The number of nitrogens with zero attached hydrogens (tertiary/aromatic N) is 2. The summed E-state index contributed by atoms with van der Waals surface area (Å²) in [6, 6.07) is 0. The normalized spacial score (nSPS) is 10.9. The minimum Gasteiger partial charge on any atom is -0.382 e. The van der Waals surface area contributed by atoms with E-state index in [9.17, 15) is 0 Å². The Labute approximate surface area is 67.2 Å². The maximum absolute atomic E-state index is 5.52. The van der Waals surface area contributed by atoms with Gasteiger partial charge in [0.05, 0.1) is 0 Å². The summed E-state index contributed by atoms with van der Waals surface area (Å²) in [5, 5.41) is 0. The molecule has 0 aromatic carbocycles. The van der Waals surface area contributed by atoms with Gasteiger partial charge in [0.1, 0.15) is 11.6 Å². The highest BCUT2D eigenvalue weighted by Gasteiger charge is 2.01. The summed E-state index contributed by atoms with van der Waals surface area (Å²) in [5.41, 5.74) is 5.52. The van der Waals surface area contributed by atoms with Crippen molar-refractivity contribution >= 4 is 5.82 Å². The molecule has 0 atom stereocenters. The molecular formula is C8H15N3. The molecule has 0 fully saturated rings. The maximum Gasteiger partial charge on any atom is 0.141 e. The van der Waals surface area contributed by atoms with Gasteiger partial charge in [0, 0.05) is 12.7 Å². The van der Waals surface area contributed by atoms with E-state index < -0.39 is 0 Å². The molecule has 0 radical (unpaired) electrons. The highest BCUT2D eigenvalue weighted by molar-refractivity contribution is 5.25. The van der Waals surface area contributed by atoms with E-state index in [0.717, 1.165) is 12.4 Å². The van der Waals surface area contributed by atoms with Crippen LogP contribution in [-0.4, -0.2) is 9.55 Å². The number of imidazole rings is 1. The molecule has 3 nitrogen and oxygen atoms in total. The average molecular weight is 153 g/mol. The summed E-state index contributed by atoms with van der Waals surface area (Å²) in [6.45, 7) is 7.32. The quantitative estimate of drug-likeness (QED) is 0.698. The van der Waals surface area contributed by atoms with Gasteiger partial charge in [-0.2, -0.15) is 0 Å². The van der Waals surface area contributed by atoms with Crippen molar-refractivity contribution in [2.45, 2.75) is 27.3 Å². The third-order valence-electron chi connectivity index (χ3n) is 1.56. The summed E-state index contributed by atoms with van der Waals surface area (Å²) >= 11 is 0. The van der Waals surface area contributed by atoms with Crippen molar-refractivity contribution < 1.29 is 0 Å². The molecule has 0 amide bonds. The number of hydrogen-bond donors (Lipinski definition) is 1. The Balaban J connectivity index is 2.77. The standard InChI is InChI=1S/C8H15N3/c1-6(2)4-11-5-8(9)10-7(11)3/h5-6H,4,9H2,1-3H3. The van der Waals surface area contributed by atoms with Crippen LogP contribution in [0.1, 0.15) is 19.7 Å². The van der Waals surface area contributed by atoms with Crippen LogP contribution in [0, 0.1) is 12.8 Å². The first-order chi connectivity index (χ1) is 5.09. The Morgan fingerprint density at radius 3 is 2.64 bits per heavy atom. The topological polar surface area (TPSA) is 43.8 Å². The first kappa shape index (κ1) is 8.11. The molecular weight excluding hydrogens is 138 g/mol. The molecule has 0 saturated carbocycles. The van der Waals surface area contributed by atoms with Crippen LogP contribution in [0.4, 0.5) is 5.82 Å². The second-order valence-electron chi connectivity index (χ2n) is 3.26. The van der Waals surface area contributed by atoms with E-state index in [-0.39, 0.29) is 0 Å². The van der Waals surface area contributed by atoms with Gasteiger partial charge in [0.15, 0.2) is 0 Å². The van der Waals surface area contributed by atoms with E-state index in [0.29, 0.717) is 11.7 Å². The van der Waals surface area contributed by atoms with Crippen LogP contribution >= 0.6 is 0 Å². The van der Waals surface area contributed by atoms with Crippen LogP contribution < -0.4 is 5.73 Å². The van der Waals surface area contributed by atoms with E-state index in [1.807, 2.05) is 13.1 Å². The van der Waals surface area contributed by atoms with Crippen LogP contribution in [0.5, 0.6) is 0 Å². The molecule has 0 saturated heterocycles. The highest BCUT2D eigenvalue weighted by atomic mass is 15.1.